The Labute approximate surface area is 174 Å². The molecule has 27 heavy (non-hydrogen) atoms. The first-order chi connectivity index (χ1) is 13.1. The lowest BCUT2D eigenvalue weighted by atomic mass is 10.1. The van der Waals surface area contributed by atoms with Gasteiger partial charge in [0.2, 0.25) is 0 Å². The number of thiophene rings is 1. The molecule has 2 heterocycles. The molecule has 0 saturated heterocycles. The van der Waals surface area contributed by atoms with Crippen molar-refractivity contribution in [3.05, 3.63) is 81.7 Å². The summed E-state index contributed by atoms with van der Waals surface area (Å²) < 4.78 is 0. The Hall–Kier alpha value is -2.18. The van der Waals surface area contributed by atoms with E-state index < -0.39 is 0 Å². The Morgan fingerprint density at radius 2 is 1.81 bits per heavy atom. The van der Waals surface area contributed by atoms with E-state index in [1.807, 2.05) is 47.8 Å². The van der Waals surface area contributed by atoms with Crippen LogP contribution in [-0.4, -0.2) is 10.9 Å². The fourth-order valence-electron chi connectivity index (χ4n) is 2.58. The Morgan fingerprint density at radius 1 is 1.00 bits per heavy atom. The number of nitrogens with one attached hydrogen (secondary N) is 1. The van der Waals surface area contributed by atoms with Crippen molar-refractivity contribution in [3.63, 3.8) is 0 Å². The van der Waals surface area contributed by atoms with Crippen LogP contribution in [-0.2, 0) is 0 Å². The molecule has 0 spiro atoms. The third-order valence-electron chi connectivity index (χ3n) is 3.81. The number of benzene rings is 2. The predicted molar refractivity (Wildman–Crippen MR) is 115 cm³/mol. The minimum Gasteiger partial charge on any atom is -0.298 e. The summed E-state index contributed by atoms with van der Waals surface area (Å²) >= 11 is 15.1. The van der Waals surface area contributed by atoms with Crippen LogP contribution in [0.4, 0.5) is 5.13 Å². The average molecular weight is 431 g/mol. The van der Waals surface area contributed by atoms with E-state index >= 15 is 0 Å². The second kappa shape index (κ2) is 7.82. The van der Waals surface area contributed by atoms with Crippen LogP contribution in [0.15, 0.2) is 66.0 Å². The van der Waals surface area contributed by atoms with Gasteiger partial charge in [-0.25, -0.2) is 4.98 Å². The van der Waals surface area contributed by atoms with Crippen LogP contribution in [0.25, 0.3) is 21.0 Å². The maximum atomic E-state index is 12.6. The van der Waals surface area contributed by atoms with Crippen molar-refractivity contribution in [1.82, 2.24) is 4.98 Å². The molecule has 7 heteroatoms. The highest BCUT2D eigenvalue weighted by Crippen LogP contribution is 2.40. The predicted octanol–water partition coefficient (Wildman–Crippen LogP) is 7.10. The van der Waals surface area contributed by atoms with Crippen LogP contribution >= 0.6 is 45.9 Å². The molecular formula is C20H12Cl2N2OS2. The molecule has 0 bridgehead atoms. The molecule has 1 amide bonds. The molecule has 0 atom stereocenters. The van der Waals surface area contributed by atoms with E-state index in [4.69, 9.17) is 23.2 Å². The normalized spacial score (nSPS) is 10.7. The molecular weight excluding hydrogens is 419 g/mol. The molecule has 0 unspecified atom stereocenters. The zero-order chi connectivity index (χ0) is 18.8. The number of carbonyl (C=O) groups is 1. The maximum absolute atomic E-state index is 12.6. The van der Waals surface area contributed by atoms with Gasteiger partial charge < -0.3 is 0 Å². The van der Waals surface area contributed by atoms with Gasteiger partial charge in [0, 0.05) is 5.02 Å². The SMILES string of the molecule is O=C(Nc1nc(-c2cccs2)c(-c2ccccc2)s1)c1ccc(Cl)cc1Cl. The van der Waals surface area contributed by atoms with Crippen LogP contribution in [0.1, 0.15) is 10.4 Å². The molecule has 2 aromatic heterocycles. The third kappa shape index (κ3) is 3.92. The lowest BCUT2D eigenvalue weighted by Gasteiger charge is -2.04. The number of anilines is 1. The summed E-state index contributed by atoms with van der Waals surface area (Å²) in [6.45, 7) is 0. The van der Waals surface area contributed by atoms with Crippen LogP contribution in [0.3, 0.4) is 0 Å². The number of nitrogens with zero attached hydrogens (tertiary/aromatic N) is 1. The lowest BCUT2D eigenvalue weighted by Crippen LogP contribution is -2.12. The molecule has 0 aliphatic rings. The van der Waals surface area contributed by atoms with Gasteiger partial charge in [0.1, 0.15) is 5.69 Å². The second-order valence-electron chi connectivity index (χ2n) is 5.62. The zero-order valence-electron chi connectivity index (χ0n) is 13.8. The van der Waals surface area contributed by atoms with E-state index in [-0.39, 0.29) is 5.91 Å². The Morgan fingerprint density at radius 3 is 2.52 bits per heavy atom. The molecule has 1 N–H and O–H groups in total. The van der Waals surface area contributed by atoms with E-state index in [0.717, 1.165) is 21.0 Å². The first-order valence-corrected chi connectivity index (χ1v) is 10.4. The van der Waals surface area contributed by atoms with Crippen molar-refractivity contribution in [1.29, 1.82) is 0 Å². The number of rotatable bonds is 4. The van der Waals surface area contributed by atoms with Gasteiger partial charge in [0.25, 0.3) is 5.91 Å². The van der Waals surface area contributed by atoms with Gasteiger partial charge in [-0.05, 0) is 35.2 Å². The Balaban J connectivity index is 1.71. The lowest BCUT2D eigenvalue weighted by molar-refractivity contribution is 0.102. The van der Waals surface area contributed by atoms with Crippen molar-refractivity contribution in [2.75, 3.05) is 5.32 Å². The summed E-state index contributed by atoms with van der Waals surface area (Å²) in [5.41, 5.74) is 2.28. The highest BCUT2D eigenvalue weighted by Gasteiger charge is 2.18. The summed E-state index contributed by atoms with van der Waals surface area (Å²) in [7, 11) is 0. The van der Waals surface area contributed by atoms with E-state index in [1.165, 1.54) is 11.3 Å². The van der Waals surface area contributed by atoms with Crippen LogP contribution in [0, 0.1) is 0 Å². The van der Waals surface area contributed by atoms with Crippen LogP contribution < -0.4 is 5.32 Å². The quantitative estimate of drug-likeness (QED) is 0.375. The van der Waals surface area contributed by atoms with Gasteiger partial charge in [0.15, 0.2) is 5.13 Å². The maximum Gasteiger partial charge on any atom is 0.258 e. The number of hydrogen-bond donors (Lipinski definition) is 1. The first kappa shape index (κ1) is 18.2. The molecule has 0 aliphatic heterocycles. The van der Waals surface area contributed by atoms with Crippen molar-refractivity contribution in [3.8, 4) is 21.0 Å². The number of halogens is 2. The summed E-state index contributed by atoms with van der Waals surface area (Å²) in [5, 5.41) is 6.17. The molecule has 0 fully saturated rings. The van der Waals surface area contributed by atoms with Crippen molar-refractivity contribution in [2.24, 2.45) is 0 Å². The van der Waals surface area contributed by atoms with Crippen molar-refractivity contribution < 1.29 is 4.79 Å². The van der Waals surface area contributed by atoms with Gasteiger partial charge in [0.05, 0.1) is 20.3 Å². The molecule has 4 rings (SSSR count). The van der Waals surface area contributed by atoms with Gasteiger partial charge in [-0.2, -0.15) is 0 Å². The number of hydrogen-bond acceptors (Lipinski definition) is 4. The Kier molecular flexibility index (Phi) is 5.27. The monoisotopic (exact) mass is 430 g/mol. The minimum absolute atomic E-state index is 0.304. The molecule has 2 aromatic carbocycles. The van der Waals surface area contributed by atoms with Gasteiger partial charge in [-0.3, -0.25) is 10.1 Å². The number of carbonyl (C=O) groups excluding carboxylic acids is 1. The fourth-order valence-corrected chi connectivity index (χ4v) is 4.84. The van der Waals surface area contributed by atoms with Crippen LogP contribution in [0.5, 0.6) is 0 Å². The molecule has 4 aromatic rings. The second-order valence-corrected chi connectivity index (χ2v) is 8.41. The number of aromatic nitrogens is 1. The number of thiazole rings is 1. The van der Waals surface area contributed by atoms with E-state index in [1.54, 1.807) is 29.5 Å². The van der Waals surface area contributed by atoms with Gasteiger partial charge >= 0.3 is 0 Å². The largest absolute Gasteiger partial charge is 0.298 e. The molecule has 0 radical (unpaired) electrons. The summed E-state index contributed by atoms with van der Waals surface area (Å²) in [6, 6.07) is 18.8. The van der Waals surface area contributed by atoms with Crippen molar-refractivity contribution in [2.45, 2.75) is 0 Å². The third-order valence-corrected chi connectivity index (χ3v) is 6.26. The first-order valence-electron chi connectivity index (χ1n) is 7.98. The van der Waals surface area contributed by atoms with Gasteiger partial charge in [-0.15, -0.1) is 11.3 Å². The van der Waals surface area contributed by atoms with E-state index in [2.05, 4.69) is 10.3 Å². The Bertz CT molecular complexity index is 1090. The smallest absolute Gasteiger partial charge is 0.258 e. The van der Waals surface area contributed by atoms with E-state index in [0.29, 0.717) is 20.7 Å². The van der Waals surface area contributed by atoms with Crippen molar-refractivity contribution >= 4 is 56.9 Å². The standard InChI is InChI=1S/C20H12Cl2N2OS2/c21-13-8-9-14(15(22)11-13)19(25)24-20-23-17(16-7-4-10-26-16)18(27-20)12-5-2-1-3-6-12/h1-11H,(H,23,24,25). The average Bonchev–Trinajstić information content (AvgIpc) is 3.32. The number of amides is 1. The van der Waals surface area contributed by atoms with Gasteiger partial charge in [-0.1, -0.05) is 70.9 Å². The summed E-state index contributed by atoms with van der Waals surface area (Å²) in [4.78, 5) is 19.4. The fraction of sp³-hybridized carbons (Fsp3) is 0. The van der Waals surface area contributed by atoms with E-state index in [9.17, 15) is 4.79 Å². The summed E-state index contributed by atoms with van der Waals surface area (Å²) in [5.74, 6) is -0.317. The minimum atomic E-state index is -0.317. The molecule has 134 valence electrons. The zero-order valence-corrected chi connectivity index (χ0v) is 16.9. The highest BCUT2D eigenvalue weighted by molar-refractivity contribution is 7.20. The summed E-state index contributed by atoms with van der Waals surface area (Å²) in [6.07, 6.45) is 0. The highest BCUT2D eigenvalue weighted by atomic mass is 35.5. The topological polar surface area (TPSA) is 42.0 Å². The molecule has 3 nitrogen and oxygen atoms in total. The molecule has 0 saturated carbocycles. The molecule has 0 aliphatic carbocycles. The van der Waals surface area contributed by atoms with Crippen LogP contribution in [0.2, 0.25) is 10.0 Å².